The number of fused-ring (bicyclic) bond motifs is 1. The van der Waals surface area contributed by atoms with E-state index in [9.17, 15) is 8.42 Å². The van der Waals surface area contributed by atoms with Crippen molar-refractivity contribution in [2.24, 2.45) is 0 Å². The summed E-state index contributed by atoms with van der Waals surface area (Å²) in [6.45, 7) is 2.79. The van der Waals surface area contributed by atoms with Gasteiger partial charge in [0.05, 0.1) is 24.2 Å². The molecule has 1 N–H and O–H groups in total. The molecule has 0 saturated carbocycles. The lowest BCUT2D eigenvalue weighted by molar-refractivity contribution is 0.0759. The molecule has 2 heterocycles. The second-order valence-electron chi connectivity index (χ2n) is 6.80. The minimum absolute atomic E-state index is 0.0871. The van der Waals surface area contributed by atoms with E-state index in [1.807, 2.05) is 49.4 Å². The summed E-state index contributed by atoms with van der Waals surface area (Å²) in [6, 6.07) is 14.9. The summed E-state index contributed by atoms with van der Waals surface area (Å²) >= 11 is 0. The first kappa shape index (κ1) is 18.4. The van der Waals surface area contributed by atoms with Gasteiger partial charge < -0.3 is 9.47 Å². The molecule has 1 unspecified atom stereocenters. The molecule has 1 aliphatic rings. The van der Waals surface area contributed by atoms with Crippen molar-refractivity contribution in [1.29, 1.82) is 0 Å². The predicted octanol–water partition coefficient (Wildman–Crippen LogP) is 2.97. The maximum atomic E-state index is 12.4. The number of benzene rings is 2. The Labute approximate surface area is 164 Å². The zero-order chi connectivity index (χ0) is 19.6. The first-order valence-corrected chi connectivity index (χ1v) is 10.6. The smallest absolute Gasteiger partial charge is 0.237 e. The van der Waals surface area contributed by atoms with Crippen molar-refractivity contribution >= 4 is 15.7 Å². The molecule has 2 aromatic carbocycles. The Balaban J connectivity index is 1.38. The van der Waals surface area contributed by atoms with Crippen molar-refractivity contribution in [2.75, 3.05) is 11.3 Å². The lowest BCUT2D eigenvalue weighted by atomic mass is 10.2. The van der Waals surface area contributed by atoms with Gasteiger partial charge in [0, 0.05) is 6.20 Å². The third kappa shape index (κ3) is 4.45. The standard InChI is InChI=1S/C20H21N3O4S/c1-15-5-4-6-16(9-15)14-28(24,25)22-17-10-21-23(11-17)12-18-13-26-19-7-2-3-8-20(19)27-18/h2-11,18,22H,12-14H2,1H3. The molecule has 0 fully saturated rings. The quantitative estimate of drug-likeness (QED) is 0.689. The number of nitrogens with zero attached hydrogens (tertiary/aromatic N) is 2. The van der Waals surface area contributed by atoms with Crippen LogP contribution < -0.4 is 14.2 Å². The number of hydrogen-bond acceptors (Lipinski definition) is 5. The highest BCUT2D eigenvalue weighted by Gasteiger charge is 2.21. The first-order valence-electron chi connectivity index (χ1n) is 8.94. The van der Waals surface area contributed by atoms with E-state index in [1.165, 1.54) is 6.20 Å². The summed E-state index contributed by atoms with van der Waals surface area (Å²) < 4.78 is 40.7. The van der Waals surface area contributed by atoms with Crippen LogP contribution in [0.25, 0.3) is 0 Å². The van der Waals surface area contributed by atoms with Crippen LogP contribution in [0.4, 0.5) is 5.69 Å². The zero-order valence-corrected chi connectivity index (χ0v) is 16.2. The summed E-state index contributed by atoms with van der Waals surface area (Å²) in [5.41, 5.74) is 2.19. The molecule has 28 heavy (non-hydrogen) atoms. The summed E-state index contributed by atoms with van der Waals surface area (Å²) in [7, 11) is -3.52. The predicted molar refractivity (Wildman–Crippen MR) is 106 cm³/mol. The van der Waals surface area contributed by atoms with E-state index >= 15 is 0 Å². The van der Waals surface area contributed by atoms with Crippen LogP contribution in [-0.2, 0) is 22.3 Å². The molecular formula is C20H21N3O4S. The van der Waals surface area contributed by atoms with Gasteiger partial charge in [-0.15, -0.1) is 0 Å². The lowest BCUT2D eigenvalue weighted by Crippen LogP contribution is -2.33. The molecule has 8 heteroatoms. The van der Waals surface area contributed by atoms with E-state index < -0.39 is 10.0 Å². The van der Waals surface area contributed by atoms with Crippen LogP contribution in [0.2, 0.25) is 0 Å². The Morgan fingerprint density at radius 3 is 2.82 bits per heavy atom. The molecule has 0 radical (unpaired) electrons. The van der Waals surface area contributed by atoms with Crippen molar-refractivity contribution in [3.63, 3.8) is 0 Å². The van der Waals surface area contributed by atoms with E-state index in [1.54, 1.807) is 16.9 Å². The summed E-state index contributed by atoms with van der Waals surface area (Å²) in [4.78, 5) is 0. The first-order chi connectivity index (χ1) is 13.5. The third-order valence-electron chi connectivity index (χ3n) is 4.30. The van der Waals surface area contributed by atoms with Gasteiger partial charge in [0.1, 0.15) is 6.61 Å². The van der Waals surface area contributed by atoms with Crippen molar-refractivity contribution in [3.05, 3.63) is 72.1 Å². The zero-order valence-electron chi connectivity index (χ0n) is 15.4. The number of hydrogen-bond donors (Lipinski definition) is 1. The second-order valence-corrected chi connectivity index (χ2v) is 8.52. The monoisotopic (exact) mass is 399 g/mol. The molecule has 0 bridgehead atoms. The Hall–Kier alpha value is -3.00. The SMILES string of the molecule is Cc1cccc(CS(=O)(=O)Nc2cnn(CC3COc4ccccc4O3)c2)c1. The van der Waals surface area contributed by atoms with Gasteiger partial charge in [-0.1, -0.05) is 42.0 Å². The largest absolute Gasteiger partial charge is 0.486 e. The summed E-state index contributed by atoms with van der Waals surface area (Å²) in [5, 5.41) is 4.23. The van der Waals surface area contributed by atoms with E-state index in [0.29, 0.717) is 24.6 Å². The van der Waals surface area contributed by atoms with Gasteiger partial charge in [-0.25, -0.2) is 8.42 Å². The van der Waals surface area contributed by atoms with Crippen LogP contribution in [-0.4, -0.2) is 30.9 Å². The molecule has 0 aliphatic carbocycles. The van der Waals surface area contributed by atoms with Gasteiger partial charge in [-0.3, -0.25) is 9.40 Å². The second kappa shape index (κ2) is 7.55. The van der Waals surface area contributed by atoms with Crippen LogP contribution in [0.1, 0.15) is 11.1 Å². The Kier molecular flexibility index (Phi) is 4.95. The van der Waals surface area contributed by atoms with Crippen molar-refractivity contribution in [3.8, 4) is 11.5 Å². The minimum Gasteiger partial charge on any atom is -0.486 e. The van der Waals surface area contributed by atoms with Crippen molar-refractivity contribution in [2.45, 2.75) is 25.3 Å². The molecular weight excluding hydrogens is 378 g/mol. The number of sulfonamides is 1. The molecule has 4 rings (SSSR count). The van der Waals surface area contributed by atoms with Gasteiger partial charge >= 0.3 is 0 Å². The number of ether oxygens (including phenoxy) is 2. The number of nitrogens with one attached hydrogen (secondary N) is 1. The molecule has 1 atom stereocenters. The van der Waals surface area contributed by atoms with E-state index in [0.717, 1.165) is 16.9 Å². The van der Waals surface area contributed by atoms with Gasteiger partial charge in [0.25, 0.3) is 0 Å². The fraction of sp³-hybridized carbons (Fsp3) is 0.250. The maximum Gasteiger partial charge on any atom is 0.237 e. The fourth-order valence-corrected chi connectivity index (χ4v) is 4.27. The number of aromatic nitrogens is 2. The lowest BCUT2D eigenvalue weighted by Gasteiger charge is -2.26. The van der Waals surface area contributed by atoms with Crippen LogP contribution in [0.3, 0.4) is 0 Å². The number of rotatable bonds is 6. The Bertz CT molecular complexity index is 1080. The van der Waals surface area contributed by atoms with Crippen LogP contribution >= 0.6 is 0 Å². The molecule has 146 valence electrons. The van der Waals surface area contributed by atoms with E-state index in [4.69, 9.17) is 9.47 Å². The fourth-order valence-electron chi connectivity index (χ4n) is 3.11. The van der Waals surface area contributed by atoms with Gasteiger partial charge in [0.2, 0.25) is 10.0 Å². The maximum absolute atomic E-state index is 12.4. The molecule has 7 nitrogen and oxygen atoms in total. The summed E-state index contributed by atoms with van der Waals surface area (Å²) in [5.74, 6) is 1.34. The number of anilines is 1. The highest BCUT2D eigenvalue weighted by molar-refractivity contribution is 7.91. The minimum atomic E-state index is -3.52. The summed E-state index contributed by atoms with van der Waals surface area (Å²) in [6.07, 6.45) is 2.94. The molecule has 0 spiro atoms. The van der Waals surface area contributed by atoms with E-state index in [2.05, 4.69) is 9.82 Å². The van der Waals surface area contributed by atoms with Crippen LogP contribution in [0.5, 0.6) is 11.5 Å². The van der Waals surface area contributed by atoms with Crippen molar-refractivity contribution in [1.82, 2.24) is 9.78 Å². The Morgan fingerprint density at radius 1 is 1.18 bits per heavy atom. The van der Waals surface area contributed by atoms with Gasteiger partial charge in [-0.2, -0.15) is 5.10 Å². The van der Waals surface area contributed by atoms with Gasteiger partial charge in [-0.05, 0) is 24.6 Å². The number of para-hydroxylation sites is 2. The average molecular weight is 399 g/mol. The van der Waals surface area contributed by atoms with E-state index in [-0.39, 0.29) is 11.9 Å². The van der Waals surface area contributed by atoms with Gasteiger partial charge in [0.15, 0.2) is 17.6 Å². The third-order valence-corrected chi connectivity index (χ3v) is 5.56. The highest BCUT2D eigenvalue weighted by atomic mass is 32.2. The molecule has 0 amide bonds. The molecule has 1 aliphatic heterocycles. The highest BCUT2D eigenvalue weighted by Crippen LogP contribution is 2.31. The average Bonchev–Trinajstić information content (AvgIpc) is 3.07. The molecule has 0 saturated heterocycles. The Morgan fingerprint density at radius 2 is 2.00 bits per heavy atom. The van der Waals surface area contributed by atoms with Crippen LogP contribution in [0, 0.1) is 6.92 Å². The molecule has 1 aromatic heterocycles. The van der Waals surface area contributed by atoms with Crippen LogP contribution in [0.15, 0.2) is 60.9 Å². The topological polar surface area (TPSA) is 82.5 Å². The molecule has 3 aromatic rings. The normalized spacial score (nSPS) is 16.0. The van der Waals surface area contributed by atoms with Crippen molar-refractivity contribution < 1.29 is 17.9 Å². The number of aryl methyl sites for hydroxylation is 1.